The molecular formula is C14H8Cl4FNO2. The fourth-order valence-electron chi connectivity index (χ4n) is 1.75. The zero-order valence-electron chi connectivity index (χ0n) is 10.7. The molecule has 22 heavy (non-hydrogen) atoms. The molecule has 2 aromatic carbocycles. The number of amides is 1. The average Bonchev–Trinajstić information content (AvgIpc) is 2.38. The van der Waals surface area contributed by atoms with E-state index < -0.39 is 17.8 Å². The third-order valence-electron chi connectivity index (χ3n) is 2.70. The van der Waals surface area contributed by atoms with Gasteiger partial charge in [-0.2, -0.15) is 0 Å². The van der Waals surface area contributed by atoms with E-state index in [1.165, 1.54) is 18.2 Å². The van der Waals surface area contributed by atoms with Crippen LogP contribution in [0.2, 0.25) is 20.1 Å². The van der Waals surface area contributed by atoms with Gasteiger partial charge >= 0.3 is 0 Å². The summed E-state index contributed by atoms with van der Waals surface area (Å²) in [6.07, 6.45) is -1.29. The number of carbonyl (C=O) groups excluding carboxylic acids is 1. The smallest absolute Gasteiger partial charge is 0.263 e. The lowest BCUT2D eigenvalue weighted by atomic mass is 10.1. The molecule has 0 heterocycles. The molecule has 0 aliphatic carbocycles. The second kappa shape index (κ2) is 6.92. The number of hydrogen-bond acceptors (Lipinski definition) is 2. The molecule has 2 rings (SSSR count). The molecule has 0 bridgehead atoms. The van der Waals surface area contributed by atoms with Crippen LogP contribution in [0, 0.1) is 5.82 Å². The van der Waals surface area contributed by atoms with Gasteiger partial charge in [0.05, 0.1) is 15.1 Å². The van der Waals surface area contributed by atoms with Crippen molar-refractivity contribution >= 4 is 52.3 Å². The van der Waals surface area contributed by atoms with Crippen LogP contribution in [0.5, 0.6) is 5.75 Å². The summed E-state index contributed by atoms with van der Waals surface area (Å²) in [4.78, 5) is 11.7. The minimum atomic E-state index is -1.29. The van der Waals surface area contributed by atoms with Crippen molar-refractivity contribution in [1.29, 1.82) is 0 Å². The van der Waals surface area contributed by atoms with E-state index in [1.807, 2.05) is 0 Å². The van der Waals surface area contributed by atoms with Gasteiger partial charge in [-0.05, 0) is 24.3 Å². The maximum Gasteiger partial charge on any atom is 0.263 e. The molecule has 0 aliphatic rings. The summed E-state index contributed by atoms with van der Waals surface area (Å²) in [5, 5.41) is 0.492. The molecule has 1 atom stereocenters. The summed E-state index contributed by atoms with van der Waals surface area (Å²) < 4.78 is 18.6. The summed E-state index contributed by atoms with van der Waals surface area (Å²) in [5.41, 5.74) is 5.52. The van der Waals surface area contributed by atoms with Gasteiger partial charge in [-0.3, -0.25) is 4.79 Å². The van der Waals surface area contributed by atoms with E-state index in [0.717, 1.165) is 12.1 Å². The van der Waals surface area contributed by atoms with Gasteiger partial charge in [0.25, 0.3) is 5.91 Å². The minimum absolute atomic E-state index is 0.00925. The Hall–Kier alpha value is -1.20. The Morgan fingerprint density at radius 2 is 1.64 bits per heavy atom. The number of rotatable bonds is 4. The molecule has 2 N–H and O–H groups in total. The first-order chi connectivity index (χ1) is 10.3. The average molecular weight is 383 g/mol. The molecular weight excluding hydrogens is 375 g/mol. The summed E-state index contributed by atoms with van der Waals surface area (Å²) >= 11 is 23.7. The fraction of sp³-hybridized carbons (Fsp3) is 0.0714. The maximum atomic E-state index is 13.1. The van der Waals surface area contributed by atoms with Crippen LogP contribution in [0.1, 0.15) is 11.7 Å². The fourth-order valence-corrected chi connectivity index (χ4v) is 2.92. The number of halogens is 5. The van der Waals surface area contributed by atoms with Crippen LogP contribution < -0.4 is 10.5 Å². The van der Waals surface area contributed by atoms with E-state index in [-0.39, 0.29) is 26.4 Å². The van der Waals surface area contributed by atoms with Gasteiger partial charge in [0, 0.05) is 10.6 Å². The van der Waals surface area contributed by atoms with Crippen molar-refractivity contribution in [2.45, 2.75) is 6.10 Å². The SMILES string of the molecule is NC(=O)C(Oc1c(Cl)cc(Cl)cc1Cl)c1ccc(F)cc1Cl. The number of benzene rings is 2. The summed E-state index contributed by atoms with van der Waals surface area (Å²) in [6, 6.07) is 6.26. The van der Waals surface area contributed by atoms with Crippen molar-refractivity contribution in [2.24, 2.45) is 5.73 Å². The number of ether oxygens (including phenoxy) is 1. The first-order valence-electron chi connectivity index (χ1n) is 5.85. The second-order valence-electron chi connectivity index (χ2n) is 4.26. The van der Waals surface area contributed by atoms with E-state index >= 15 is 0 Å². The molecule has 3 nitrogen and oxygen atoms in total. The highest BCUT2D eigenvalue weighted by molar-refractivity contribution is 6.40. The van der Waals surface area contributed by atoms with E-state index in [1.54, 1.807) is 0 Å². The Bertz CT molecular complexity index is 716. The van der Waals surface area contributed by atoms with Crippen molar-refractivity contribution in [3.63, 3.8) is 0 Å². The van der Waals surface area contributed by atoms with Crippen LogP contribution in [0.3, 0.4) is 0 Å². The van der Waals surface area contributed by atoms with Gasteiger partial charge in [-0.25, -0.2) is 4.39 Å². The number of nitrogens with two attached hydrogens (primary N) is 1. The predicted octanol–water partition coefficient (Wildman–Crippen LogP) is 5.04. The van der Waals surface area contributed by atoms with Gasteiger partial charge in [-0.1, -0.05) is 52.5 Å². The van der Waals surface area contributed by atoms with Crippen LogP contribution >= 0.6 is 46.4 Å². The molecule has 116 valence electrons. The Labute approximate surface area is 145 Å². The Morgan fingerprint density at radius 3 is 2.14 bits per heavy atom. The molecule has 1 amide bonds. The van der Waals surface area contributed by atoms with Crippen LogP contribution in [0.25, 0.3) is 0 Å². The Kier molecular flexibility index (Phi) is 5.40. The zero-order chi connectivity index (χ0) is 16.4. The van der Waals surface area contributed by atoms with Crippen LogP contribution in [-0.4, -0.2) is 5.91 Å². The topological polar surface area (TPSA) is 52.3 Å². The molecule has 0 aromatic heterocycles. The zero-order valence-corrected chi connectivity index (χ0v) is 13.8. The largest absolute Gasteiger partial charge is 0.473 e. The van der Waals surface area contributed by atoms with Gasteiger partial charge < -0.3 is 10.5 Å². The second-order valence-corrected chi connectivity index (χ2v) is 5.92. The number of carbonyl (C=O) groups is 1. The molecule has 0 fully saturated rings. The highest BCUT2D eigenvalue weighted by Crippen LogP contribution is 2.39. The molecule has 0 radical (unpaired) electrons. The summed E-state index contributed by atoms with van der Waals surface area (Å²) in [6.45, 7) is 0. The predicted molar refractivity (Wildman–Crippen MR) is 85.4 cm³/mol. The monoisotopic (exact) mass is 381 g/mol. The van der Waals surface area contributed by atoms with Crippen LogP contribution in [-0.2, 0) is 4.79 Å². The van der Waals surface area contributed by atoms with Gasteiger partial charge in [0.1, 0.15) is 5.82 Å². The van der Waals surface area contributed by atoms with E-state index in [9.17, 15) is 9.18 Å². The molecule has 0 spiro atoms. The third-order valence-corrected chi connectivity index (χ3v) is 3.81. The molecule has 8 heteroatoms. The van der Waals surface area contributed by atoms with Crippen molar-refractivity contribution in [3.8, 4) is 5.75 Å². The van der Waals surface area contributed by atoms with Gasteiger partial charge in [0.2, 0.25) is 6.10 Å². The molecule has 0 aliphatic heterocycles. The molecule has 0 saturated carbocycles. The Balaban J connectivity index is 2.45. The minimum Gasteiger partial charge on any atom is -0.473 e. The third kappa shape index (κ3) is 3.76. The molecule has 1 unspecified atom stereocenters. The molecule has 0 saturated heterocycles. The maximum absolute atomic E-state index is 13.1. The Morgan fingerprint density at radius 1 is 1.05 bits per heavy atom. The normalized spacial score (nSPS) is 12.0. The highest BCUT2D eigenvalue weighted by atomic mass is 35.5. The van der Waals surface area contributed by atoms with Gasteiger partial charge in [-0.15, -0.1) is 0 Å². The van der Waals surface area contributed by atoms with Crippen LogP contribution in [0.4, 0.5) is 4.39 Å². The van der Waals surface area contributed by atoms with E-state index in [0.29, 0.717) is 5.02 Å². The highest BCUT2D eigenvalue weighted by Gasteiger charge is 2.25. The first-order valence-corrected chi connectivity index (χ1v) is 7.36. The number of hydrogen-bond donors (Lipinski definition) is 1. The quantitative estimate of drug-likeness (QED) is 0.804. The van der Waals surface area contributed by atoms with Crippen molar-refractivity contribution in [3.05, 3.63) is 61.8 Å². The molecule has 2 aromatic rings. The van der Waals surface area contributed by atoms with Crippen molar-refractivity contribution in [1.82, 2.24) is 0 Å². The van der Waals surface area contributed by atoms with Crippen molar-refractivity contribution in [2.75, 3.05) is 0 Å². The summed E-state index contributed by atoms with van der Waals surface area (Å²) in [7, 11) is 0. The first kappa shape index (κ1) is 17.2. The van der Waals surface area contributed by atoms with Crippen molar-refractivity contribution < 1.29 is 13.9 Å². The van der Waals surface area contributed by atoms with E-state index in [4.69, 9.17) is 56.9 Å². The lowest BCUT2D eigenvalue weighted by molar-refractivity contribution is -0.124. The number of primary amides is 1. The van der Waals surface area contributed by atoms with Gasteiger partial charge in [0.15, 0.2) is 5.75 Å². The lowest BCUT2D eigenvalue weighted by Crippen LogP contribution is -2.26. The standard InChI is InChI=1S/C14H8Cl4FNO2/c15-6-3-10(17)13(11(18)4-6)22-12(14(20)21)8-2-1-7(19)5-9(8)16/h1-5,12H,(H2,20,21). The van der Waals surface area contributed by atoms with E-state index in [2.05, 4.69) is 0 Å². The lowest BCUT2D eigenvalue weighted by Gasteiger charge is -2.19. The van der Waals surface area contributed by atoms with Crippen LogP contribution in [0.15, 0.2) is 30.3 Å². The summed E-state index contributed by atoms with van der Waals surface area (Å²) in [5.74, 6) is -1.37.